The molecule has 2 aliphatic heterocycles. The first-order valence-corrected chi connectivity index (χ1v) is 9.36. The first kappa shape index (κ1) is 19.1. The highest BCUT2D eigenvalue weighted by atomic mass is 19.4. The molecule has 0 aromatic carbocycles. The molecular weight excluding hydrogens is 343 g/mol. The van der Waals surface area contributed by atoms with E-state index >= 15 is 0 Å². The number of piperidine rings is 1. The minimum absolute atomic E-state index is 0.348. The summed E-state index contributed by atoms with van der Waals surface area (Å²) in [5, 5.41) is 0. The van der Waals surface area contributed by atoms with Gasteiger partial charge in [0.05, 0.1) is 6.42 Å². The van der Waals surface area contributed by atoms with Crippen molar-refractivity contribution in [3.63, 3.8) is 0 Å². The molecule has 0 spiro atoms. The monoisotopic (exact) mass is 369 g/mol. The van der Waals surface area contributed by atoms with Crippen LogP contribution in [0, 0.1) is 11.8 Å². The van der Waals surface area contributed by atoms with Crippen LogP contribution in [0.4, 0.5) is 13.2 Å². The Morgan fingerprint density at radius 1 is 1.15 bits per heavy atom. The van der Waals surface area contributed by atoms with Crippen LogP contribution in [-0.4, -0.2) is 53.0 Å². The van der Waals surface area contributed by atoms with Crippen LogP contribution in [0.3, 0.4) is 0 Å². The fourth-order valence-corrected chi connectivity index (χ4v) is 4.14. The predicted molar refractivity (Wildman–Crippen MR) is 92.2 cm³/mol. The van der Waals surface area contributed by atoms with Crippen LogP contribution < -0.4 is 0 Å². The second-order valence-corrected chi connectivity index (χ2v) is 7.48. The molecule has 3 rings (SSSR count). The van der Waals surface area contributed by atoms with Crippen LogP contribution in [0.25, 0.3) is 0 Å². The first-order valence-electron chi connectivity index (χ1n) is 9.36. The maximum absolute atomic E-state index is 12.3. The minimum atomic E-state index is -4.25. The Morgan fingerprint density at radius 3 is 2.54 bits per heavy atom. The van der Waals surface area contributed by atoms with E-state index < -0.39 is 19.0 Å². The van der Waals surface area contributed by atoms with Crippen LogP contribution in [0.2, 0.25) is 0 Å². The molecule has 26 heavy (non-hydrogen) atoms. The second kappa shape index (κ2) is 8.37. The summed E-state index contributed by atoms with van der Waals surface area (Å²) >= 11 is 0. The number of carbonyl (C=O) groups excluding carboxylic acids is 1. The van der Waals surface area contributed by atoms with Crippen molar-refractivity contribution in [1.29, 1.82) is 0 Å². The van der Waals surface area contributed by atoms with Gasteiger partial charge in [-0.05, 0) is 55.8 Å². The van der Waals surface area contributed by atoms with Crippen molar-refractivity contribution in [1.82, 2.24) is 14.8 Å². The summed E-state index contributed by atoms with van der Waals surface area (Å²) in [7, 11) is 0. The number of hydrogen-bond donors (Lipinski definition) is 0. The van der Waals surface area contributed by atoms with Crippen molar-refractivity contribution in [2.24, 2.45) is 11.8 Å². The van der Waals surface area contributed by atoms with Gasteiger partial charge in [0.2, 0.25) is 5.91 Å². The summed E-state index contributed by atoms with van der Waals surface area (Å²) in [6.45, 7) is 4.20. The molecule has 2 fully saturated rings. The van der Waals surface area contributed by atoms with E-state index in [0.29, 0.717) is 24.9 Å². The lowest BCUT2D eigenvalue weighted by Crippen LogP contribution is -2.37. The molecule has 0 N–H and O–H groups in total. The highest BCUT2D eigenvalue weighted by Crippen LogP contribution is 2.33. The van der Waals surface area contributed by atoms with Gasteiger partial charge in [0.1, 0.15) is 0 Å². The Labute approximate surface area is 152 Å². The minimum Gasteiger partial charge on any atom is -0.342 e. The van der Waals surface area contributed by atoms with Gasteiger partial charge in [0.25, 0.3) is 0 Å². The summed E-state index contributed by atoms with van der Waals surface area (Å²) < 4.78 is 36.9. The van der Waals surface area contributed by atoms with Gasteiger partial charge in [-0.2, -0.15) is 13.2 Å². The maximum atomic E-state index is 12.3. The maximum Gasteiger partial charge on any atom is 0.389 e. The highest BCUT2D eigenvalue weighted by Gasteiger charge is 2.35. The highest BCUT2D eigenvalue weighted by molar-refractivity contribution is 5.76. The Kier molecular flexibility index (Phi) is 6.16. The van der Waals surface area contributed by atoms with E-state index in [9.17, 15) is 18.0 Å². The molecular formula is C19H26F3N3O. The largest absolute Gasteiger partial charge is 0.389 e. The van der Waals surface area contributed by atoms with Crippen LogP contribution in [0.5, 0.6) is 0 Å². The number of nitrogens with zero attached hydrogens (tertiary/aromatic N) is 3. The molecule has 1 aromatic rings. The van der Waals surface area contributed by atoms with Gasteiger partial charge in [-0.15, -0.1) is 0 Å². The van der Waals surface area contributed by atoms with Gasteiger partial charge in [-0.1, -0.05) is 6.07 Å². The third-order valence-electron chi connectivity index (χ3n) is 5.63. The van der Waals surface area contributed by atoms with E-state index in [1.807, 2.05) is 12.3 Å². The number of rotatable bonds is 5. The smallest absolute Gasteiger partial charge is 0.342 e. The van der Waals surface area contributed by atoms with Crippen LogP contribution in [0.1, 0.15) is 37.7 Å². The molecule has 2 saturated heterocycles. The van der Waals surface area contributed by atoms with Gasteiger partial charge >= 0.3 is 6.18 Å². The number of alkyl halides is 3. The Bertz CT molecular complexity index is 585. The Balaban J connectivity index is 1.41. The van der Waals surface area contributed by atoms with Gasteiger partial charge < -0.3 is 4.90 Å². The number of pyridine rings is 1. The molecule has 0 aliphatic carbocycles. The van der Waals surface area contributed by atoms with Crippen molar-refractivity contribution in [2.45, 2.75) is 44.8 Å². The number of hydrogen-bond acceptors (Lipinski definition) is 3. The lowest BCUT2D eigenvalue weighted by molar-refractivity contribution is -0.148. The molecule has 1 amide bonds. The number of likely N-dealkylation sites (tertiary alicyclic amines) is 2. The molecule has 1 aromatic heterocycles. The van der Waals surface area contributed by atoms with E-state index in [1.54, 1.807) is 11.1 Å². The van der Waals surface area contributed by atoms with Crippen LogP contribution in [-0.2, 0) is 11.3 Å². The number of amides is 1. The summed E-state index contributed by atoms with van der Waals surface area (Å²) in [5.41, 5.74) is 1.22. The summed E-state index contributed by atoms with van der Waals surface area (Å²) in [4.78, 5) is 20.2. The summed E-state index contributed by atoms with van der Waals surface area (Å²) in [5.74, 6) is 0.657. The van der Waals surface area contributed by atoms with Gasteiger partial charge in [-0.3, -0.25) is 14.7 Å². The van der Waals surface area contributed by atoms with Gasteiger partial charge in [0.15, 0.2) is 0 Å². The molecule has 0 radical (unpaired) electrons. The van der Waals surface area contributed by atoms with Gasteiger partial charge in [-0.25, -0.2) is 0 Å². The lowest BCUT2D eigenvalue weighted by atomic mass is 9.83. The van der Waals surface area contributed by atoms with Crippen LogP contribution in [0.15, 0.2) is 24.5 Å². The van der Waals surface area contributed by atoms with Crippen molar-refractivity contribution in [3.8, 4) is 0 Å². The second-order valence-electron chi connectivity index (χ2n) is 7.48. The van der Waals surface area contributed by atoms with Crippen molar-refractivity contribution < 1.29 is 18.0 Å². The Hall–Kier alpha value is -1.63. The van der Waals surface area contributed by atoms with Crippen molar-refractivity contribution >= 4 is 5.91 Å². The van der Waals surface area contributed by atoms with E-state index in [4.69, 9.17) is 0 Å². The fraction of sp³-hybridized carbons (Fsp3) is 0.684. The van der Waals surface area contributed by atoms with E-state index in [-0.39, 0.29) is 5.91 Å². The predicted octanol–water partition coefficient (Wildman–Crippen LogP) is 3.48. The average molecular weight is 369 g/mol. The topological polar surface area (TPSA) is 36.4 Å². The Morgan fingerprint density at radius 2 is 1.88 bits per heavy atom. The molecule has 144 valence electrons. The van der Waals surface area contributed by atoms with Crippen molar-refractivity contribution in [3.05, 3.63) is 30.1 Å². The summed E-state index contributed by atoms with van der Waals surface area (Å²) in [6, 6.07) is 4.03. The van der Waals surface area contributed by atoms with Crippen molar-refractivity contribution in [2.75, 3.05) is 26.2 Å². The van der Waals surface area contributed by atoms with Crippen LogP contribution >= 0.6 is 0 Å². The van der Waals surface area contributed by atoms with Gasteiger partial charge in [0, 0.05) is 38.4 Å². The zero-order chi connectivity index (χ0) is 18.6. The third kappa shape index (κ3) is 5.43. The normalized spacial score (nSPS) is 22.7. The molecule has 0 bridgehead atoms. The number of halogens is 3. The first-order chi connectivity index (χ1) is 12.4. The zero-order valence-corrected chi connectivity index (χ0v) is 14.9. The molecule has 7 heteroatoms. The average Bonchev–Trinajstić information content (AvgIpc) is 3.11. The SMILES string of the molecule is O=C(CCC(F)(F)F)N1CC[C@H](C2CCN(Cc3cccnc3)CC2)C1. The molecule has 1 atom stereocenters. The lowest BCUT2D eigenvalue weighted by Gasteiger charge is -2.34. The number of carbonyl (C=O) groups is 1. The number of aromatic nitrogens is 1. The fourth-order valence-electron chi connectivity index (χ4n) is 4.14. The molecule has 0 unspecified atom stereocenters. The molecule has 3 heterocycles. The third-order valence-corrected chi connectivity index (χ3v) is 5.63. The van der Waals surface area contributed by atoms with E-state index in [0.717, 1.165) is 38.9 Å². The molecule has 2 aliphatic rings. The molecule has 4 nitrogen and oxygen atoms in total. The van der Waals surface area contributed by atoms with E-state index in [2.05, 4.69) is 16.0 Å². The van der Waals surface area contributed by atoms with E-state index in [1.165, 1.54) is 5.56 Å². The quantitative estimate of drug-likeness (QED) is 0.797. The zero-order valence-electron chi connectivity index (χ0n) is 14.9. The summed E-state index contributed by atoms with van der Waals surface area (Å²) in [6.07, 6.45) is 1.09. The standard InChI is InChI=1S/C19H26F3N3O/c20-19(21,22)7-3-18(26)25-11-6-17(14-25)16-4-9-24(10-5-16)13-15-2-1-8-23-12-15/h1-2,8,12,16-17H,3-7,9-11,13-14H2/t17-/m0/s1. The molecule has 0 saturated carbocycles.